The Hall–Kier alpha value is -3.73. The lowest BCUT2D eigenvalue weighted by Crippen LogP contribution is -2.21. The largest absolute Gasteiger partial charge is 0.493 e. The van der Waals surface area contributed by atoms with Crippen LogP contribution in [0.15, 0.2) is 54.9 Å². The Morgan fingerprint density at radius 1 is 0.581 bits per heavy atom. The molecule has 0 spiro atoms. The van der Waals surface area contributed by atoms with E-state index in [1.165, 1.54) is 0 Å². The van der Waals surface area contributed by atoms with E-state index in [-0.39, 0.29) is 0 Å². The predicted octanol–water partition coefficient (Wildman–Crippen LogP) is 5.23. The van der Waals surface area contributed by atoms with Gasteiger partial charge in [0.05, 0.1) is 33.8 Å². The number of aromatic nitrogens is 1. The van der Waals surface area contributed by atoms with Crippen LogP contribution in [0.3, 0.4) is 0 Å². The molecule has 0 aliphatic rings. The standard InChI is InChI=1S/C26H24NO4/c1-15-13-27-14-18-9-20-16(6-7-23(28-2)26(20)31-5)8-17(18)10-22(27)21-12-25(30-4)24(29-3)11-19(15)21/h6-14H,1-5H3/q+1. The first-order valence-electron chi connectivity index (χ1n) is 10.1. The van der Waals surface area contributed by atoms with Crippen LogP contribution in [0.4, 0.5) is 0 Å². The van der Waals surface area contributed by atoms with Crippen LogP contribution >= 0.6 is 0 Å². The fraction of sp³-hybridized carbons (Fsp3) is 0.192. The predicted molar refractivity (Wildman–Crippen MR) is 123 cm³/mol. The first-order valence-corrected chi connectivity index (χ1v) is 10.1. The summed E-state index contributed by atoms with van der Waals surface area (Å²) in [5.41, 5.74) is 2.27. The molecule has 0 unspecified atom stereocenters. The number of ether oxygens (including phenoxy) is 4. The lowest BCUT2D eigenvalue weighted by Gasteiger charge is -2.12. The second-order valence-electron chi connectivity index (χ2n) is 7.63. The SMILES string of the molecule is COc1cc2c(C)c[n+]3cc4cc5c(OC)c(OC)ccc5cc4cc3c2cc1OC. The number of nitrogens with zero attached hydrogens (tertiary/aromatic N) is 1. The monoisotopic (exact) mass is 414 g/mol. The molecule has 0 aliphatic carbocycles. The molecular formula is C26H24NO4+. The van der Waals surface area contributed by atoms with Crippen molar-refractivity contribution in [3.8, 4) is 23.0 Å². The van der Waals surface area contributed by atoms with Gasteiger partial charge in [0.15, 0.2) is 35.4 Å². The summed E-state index contributed by atoms with van der Waals surface area (Å²) in [6.07, 6.45) is 4.31. The molecule has 0 saturated carbocycles. The van der Waals surface area contributed by atoms with Crippen LogP contribution < -0.4 is 23.3 Å². The van der Waals surface area contributed by atoms with E-state index in [9.17, 15) is 0 Å². The Morgan fingerprint density at radius 2 is 1.29 bits per heavy atom. The highest BCUT2D eigenvalue weighted by atomic mass is 16.5. The normalized spacial score (nSPS) is 11.4. The zero-order valence-electron chi connectivity index (χ0n) is 18.3. The van der Waals surface area contributed by atoms with Crippen LogP contribution in [0.25, 0.3) is 37.8 Å². The van der Waals surface area contributed by atoms with Crippen molar-refractivity contribution in [1.82, 2.24) is 0 Å². The van der Waals surface area contributed by atoms with Gasteiger partial charge in [-0.25, -0.2) is 0 Å². The van der Waals surface area contributed by atoms with Gasteiger partial charge in [0, 0.05) is 27.8 Å². The molecule has 2 heterocycles. The summed E-state index contributed by atoms with van der Waals surface area (Å²) in [5.74, 6) is 2.93. The van der Waals surface area contributed by atoms with Crippen LogP contribution in [0, 0.1) is 6.92 Å². The van der Waals surface area contributed by atoms with Crippen LogP contribution in [0.2, 0.25) is 0 Å². The van der Waals surface area contributed by atoms with E-state index >= 15 is 0 Å². The molecule has 5 rings (SSSR count). The average molecular weight is 414 g/mol. The first-order chi connectivity index (χ1) is 15.1. The summed E-state index contributed by atoms with van der Waals surface area (Å²) in [4.78, 5) is 0. The van der Waals surface area contributed by atoms with Crippen LogP contribution in [0.5, 0.6) is 23.0 Å². The van der Waals surface area contributed by atoms with E-state index in [4.69, 9.17) is 18.9 Å². The lowest BCUT2D eigenvalue weighted by atomic mass is 10.0. The molecule has 0 amide bonds. The maximum absolute atomic E-state index is 5.65. The van der Waals surface area contributed by atoms with Crippen molar-refractivity contribution in [3.05, 3.63) is 60.4 Å². The number of fused-ring (bicyclic) bond motifs is 5. The maximum atomic E-state index is 5.65. The second-order valence-corrected chi connectivity index (χ2v) is 7.63. The van der Waals surface area contributed by atoms with Crippen molar-refractivity contribution in [1.29, 1.82) is 0 Å². The molecule has 5 nitrogen and oxygen atoms in total. The Bertz CT molecular complexity index is 1490. The number of rotatable bonds is 4. The quantitative estimate of drug-likeness (QED) is 0.229. The van der Waals surface area contributed by atoms with Gasteiger partial charge in [-0.15, -0.1) is 0 Å². The van der Waals surface area contributed by atoms with Gasteiger partial charge in [-0.3, -0.25) is 0 Å². The minimum Gasteiger partial charge on any atom is -0.493 e. The van der Waals surface area contributed by atoms with Crippen molar-refractivity contribution in [2.45, 2.75) is 6.92 Å². The van der Waals surface area contributed by atoms with E-state index in [0.29, 0.717) is 0 Å². The van der Waals surface area contributed by atoms with Gasteiger partial charge in [0.1, 0.15) is 0 Å². The molecule has 156 valence electrons. The van der Waals surface area contributed by atoms with Crippen molar-refractivity contribution in [2.75, 3.05) is 28.4 Å². The number of hydrogen-bond donors (Lipinski definition) is 0. The van der Waals surface area contributed by atoms with E-state index in [0.717, 1.165) is 66.4 Å². The van der Waals surface area contributed by atoms with Gasteiger partial charge < -0.3 is 18.9 Å². The molecular weight excluding hydrogens is 390 g/mol. The maximum Gasteiger partial charge on any atom is 0.219 e. The Kier molecular flexibility index (Phi) is 4.47. The van der Waals surface area contributed by atoms with Crippen LogP contribution in [-0.4, -0.2) is 28.4 Å². The number of aryl methyl sites for hydroxylation is 1. The zero-order chi connectivity index (χ0) is 21.7. The summed E-state index contributed by atoms with van der Waals surface area (Å²) in [7, 11) is 6.66. The van der Waals surface area contributed by atoms with Gasteiger partial charge in [-0.2, -0.15) is 4.40 Å². The fourth-order valence-corrected chi connectivity index (χ4v) is 4.43. The third-order valence-corrected chi connectivity index (χ3v) is 5.97. The minimum atomic E-state index is 0.720. The van der Waals surface area contributed by atoms with E-state index in [1.807, 2.05) is 12.1 Å². The molecule has 0 aliphatic heterocycles. The molecule has 0 radical (unpaired) electrons. The molecule has 5 heteroatoms. The Balaban J connectivity index is 1.88. The highest BCUT2D eigenvalue weighted by Gasteiger charge is 2.18. The van der Waals surface area contributed by atoms with Crippen LogP contribution in [-0.2, 0) is 0 Å². The zero-order valence-corrected chi connectivity index (χ0v) is 18.3. The topological polar surface area (TPSA) is 41.0 Å². The van der Waals surface area contributed by atoms with Gasteiger partial charge in [0.25, 0.3) is 0 Å². The average Bonchev–Trinajstić information content (AvgIpc) is 2.80. The molecule has 31 heavy (non-hydrogen) atoms. The highest BCUT2D eigenvalue weighted by Crippen LogP contribution is 2.38. The molecule has 0 N–H and O–H groups in total. The summed E-state index contributed by atoms with van der Waals surface area (Å²) in [6, 6.07) is 14.7. The third-order valence-electron chi connectivity index (χ3n) is 5.97. The number of methoxy groups -OCH3 is 4. The smallest absolute Gasteiger partial charge is 0.219 e. The van der Waals surface area contributed by atoms with E-state index in [1.54, 1.807) is 28.4 Å². The van der Waals surface area contributed by atoms with Crippen molar-refractivity contribution in [2.24, 2.45) is 0 Å². The van der Waals surface area contributed by atoms with Gasteiger partial charge in [0.2, 0.25) is 5.52 Å². The summed E-state index contributed by atoms with van der Waals surface area (Å²) in [6.45, 7) is 2.11. The van der Waals surface area contributed by atoms with E-state index in [2.05, 4.69) is 54.0 Å². The number of pyridine rings is 2. The Morgan fingerprint density at radius 3 is 1.97 bits per heavy atom. The Labute approximate surface area is 180 Å². The van der Waals surface area contributed by atoms with Gasteiger partial charge in [-0.1, -0.05) is 6.07 Å². The van der Waals surface area contributed by atoms with Gasteiger partial charge >= 0.3 is 0 Å². The summed E-state index contributed by atoms with van der Waals surface area (Å²) in [5, 5.41) is 6.66. The third kappa shape index (κ3) is 2.88. The lowest BCUT2D eigenvalue weighted by molar-refractivity contribution is -0.509. The fourth-order valence-electron chi connectivity index (χ4n) is 4.43. The summed E-state index contributed by atoms with van der Waals surface area (Å²) >= 11 is 0. The molecule has 0 atom stereocenters. The van der Waals surface area contributed by atoms with Crippen LogP contribution in [0.1, 0.15) is 5.56 Å². The molecule has 3 aromatic carbocycles. The molecule has 5 aromatic rings. The number of benzene rings is 3. The van der Waals surface area contributed by atoms with Crippen molar-refractivity contribution in [3.63, 3.8) is 0 Å². The molecule has 0 saturated heterocycles. The molecule has 0 bridgehead atoms. The van der Waals surface area contributed by atoms with E-state index < -0.39 is 0 Å². The molecule has 2 aromatic heterocycles. The first kappa shape index (κ1) is 19.2. The minimum absolute atomic E-state index is 0.720. The summed E-state index contributed by atoms with van der Waals surface area (Å²) < 4.78 is 24.4. The molecule has 0 fully saturated rings. The highest BCUT2D eigenvalue weighted by molar-refractivity contribution is 6.05. The second kappa shape index (κ2) is 7.20. The van der Waals surface area contributed by atoms with Crippen molar-refractivity contribution >= 4 is 37.8 Å². The number of hydrogen-bond acceptors (Lipinski definition) is 4. The van der Waals surface area contributed by atoms with Gasteiger partial charge in [-0.05, 0) is 48.0 Å². The van der Waals surface area contributed by atoms with Crippen molar-refractivity contribution < 1.29 is 23.3 Å².